The standard InChI is InChI=1S/C10H14ClN3S/c11-10-12-3-2-9(13-10)8-14-4-1-6-15-7-5-14/h2-3H,1,4-8H2. The quantitative estimate of drug-likeness (QED) is 0.744. The fourth-order valence-corrected chi connectivity index (χ4v) is 2.73. The monoisotopic (exact) mass is 243 g/mol. The lowest BCUT2D eigenvalue weighted by Gasteiger charge is -2.18. The Hall–Kier alpha value is -0.320. The minimum Gasteiger partial charge on any atom is -0.297 e. The topological polar surface area (TPSA) is 29.0 Å². The molecule has 0 bridgehead atoms. The van der Waals surface area contributed by atoms with Crippen LogP contribution in [0.15, 0.2) is 12.3 Å². The number of hydrogen-bond acceptors (Lipinski definition) is 4. The molecule has 82 valence electrons. The zero-order valence-electron chi connectivity index (χ0n) is 8.53. The highest BCUT2D eigenvalue weighted by Crippen LogP contribution is 2.12. The Kier molecular flexibility index (Phi) is 4.23. The molecule has 0 unspecified atom stereocenters. The van der Waals surface area contributed by atoms with E-state index in [9.17, 15) is 0 Å². The van der Waals surface area contributed by atoms with Crippen molar-refractivity contribution in [1.29, 1.82) is 0 Å². The van der Waals surface area contributed by atoms with Crippen LogP contribution in [0.25, 0.3) is 0 Å². The van der Waals surface area contributed by atoms with Crippen molar-refractivity contribution in [2.75, 3.05) is 24.6 Å². The second-order valence-corrected chi connectivity index (χ2v) is 5.12. The van der Waals surface area contributed by atoms with E-state index in [1.54, 1.807) is 6.20 Å². The molecule has 1 saturated heterocycles. The molecule has 15 heavy (non-hydrogen) atoms. The van der Waals surface area contributed by atoms with Crippen LogP contribution in [-0.4, -0.2) is 39.5 Å². The third-order valence-corrected chi connectivity index (χ3v) is 3.62. The molecule has 0 aromatic carbocycles. The Labute approximate surface area is 99.2 Å². The summed E-state index contributed by atoms with van der Waals surface area (Å²) in [6.07, 6.45) is 2.99. The first-order valence-corrected chi connectivity index (χ1v) is 6.65. The van der Waals surface area contributed by atoms with Crippen molar-refractivity contribution in [3.8, 4) is 0 Å². The maximum Gasteiger partial charge on any atom is 0.222 e. The summed E-state index contributed by atoms with van der Waals surface area (Å²) in [6.45, 7) is 3.20. The van der Waals surface area contributed by atoms with E-state index in [2.05, 4.69) is 14.9 Å². The van der Waals surface area contributed by atoms with Crippen molar-refractivity contribution < 1.29 is 0 Å². The third-order valence-electron chi connectivity index (χ3n) is 2.38. The molecule has 1 aromatic rings. The van der Waals surface area contributed by atoms with Gasteiger partial charge in [-0.25, -0.2) is 9.97 Å². The fourth-order valence-electron chi connectivity index (χ4n) is 1.64. The van der Waals surface area contributed by atoms with Crippen LogP contribution >= 0.6 is 23.4 Å². The molecule has 0 radical (unpaired) electrons. The number of hydrogen-bond donors (Lipinski definition) is 0. The van der Waals surface area contributed by atoms with Crippen LogP contribution in [0, 0.1) is 0 Å². The maximum atomic E-state index is 5.75. The van der Waals surface area contributed by atoms with Gasteiger partial charge in [-0.15, -0.1) is 0 Å². The van der Waals surface area contributed by atoms with Crippen LogP contribution in [0.3, 0.4) is 0 Å². The van der Waals surface area contributed by atoms with Crippen LogP contribution in [-0.2, 0) is 6.54 Å². The first kappa shape index (κ1) is 11.2. The van der Waals surface area contributed by atoms with E-state index >= 15 is 0 Å². The first-order chi connectivity index (χ1) is 7.34. The molecule has 2 rings (SSSR count). The van der Waals surface area contributed by atoms with Crippen LogP contribution in [0.4, 0.5) is 0 Å². The highest BCUT2D eigenvalue weighted by molar-refractivity contribution is 7.99. The summed E-state index contributed by atoms with van der Waals surface area (Å²) >= 11 is 7.78. The van der Waals surface area contributed by atoms with Gasteiger partial charge in [-0.2, -0.15) is 11.8 Å². The molecule has 5 heteroatoms. The Morgan fingerprint density at radius 3 is 3.20 bits per heavy atom. The lowest BCUT2D eigenvalue weighted by molar-refractivity contribution is 0.284. The van der Waals surface area contributed by atoms with Gasteiger partial charge in [-0.1, -0.05) is 0 Å². The van der Waals surface area contributed by atoms with Crippen molar-refractivity contribution >= 4 is 23.4 Å². The van der Waals surface area contributed by atoms with Crippen molar-refractivity contribution in [3.63, 3.8) is 0 Å². The van der Waals surface area contributed by atoms with Gasteiger partial charge >= 0.3 is 0 Å². The molecular formula is C10H14ClN3S. The van der Waals surface area contributed by atoms with Crippen LogP contribution in [0.2, 0.25) is 5.28 Å². The molecule has 1 aliphatic rings. The fraction of sp³-hybridized carbons (Fsp3) is 0.600. The molecule has 3 nitrogen and oxygen atoms in total. The molecule has 0 atom stereocenters. The van der Waals surface area contributed by atoms with E-state index in [1.807, 2.05) is 17.8 Å². The van der Waals surface area contributed by atoms with Gasteiger partial charge in [0, 0.05) is 25.0 Å². The van der Waals surface area contributed by atoms with Crippen molar-refractivity contribution in [2.24, 2.45) is 0 Å². The zero-order valence-corrected chi connectivity index (χ0v) is 10.1. The molecule has 0 spiro atoms. The van der Waals surface area contributed by atoms with Gasteiger partial charge in [0.2, 0.25) is 5.28 Å². The average Bonchev–Trinajstić information content (AvgIpc) is 2.46. The first-order valence-electron chi connectivity index (χ1n) is 5.12. The van der Waals surface area contributed by atoms with Crippen molar-refractivity contribution in [3.05, 3.63) is 23.2 Å². The van der Waals surface area contributed by atoms with Crippen LogP contribution in [0.5, 0.6) is 0 Å². The zero-order chi connectivity index (χ0) is 10.5. The number of halogens is 1. The molecule has 2 heterocycles. The second-order valence-electron chi connectivity index (χ2n) is 3.56. The summed E-state index contributed by atoms with van der Waals surface area (Å²) in [5.41, 5.74) is 1.02. The van der Waals surface area contributed by atoms with Gasteiger partial charge in [-0.3, -0.25) is 4.90 Å². The lowest BCUT2D eigenvalue weighted by atomic mass is 10.3. The summed E-state index contributed by atoms with van der Waals surface area (Å²) < 4.78 is 0. The summed E-state index contributed by atoms with van der Waals surface area (Å²) in [5.74, 6) is 2.50. The minimum atomic E-state index is 0.344. The highest BCUT2D eigenvalue weighted by atomic mass is 35.5. The SMILES string of the molecule is Clc1nccc(CN2CCCSCC2)n1. The lowest BCUT2D eigenvalue weighted by Crippen LogP contribution is -2.25. The number of nitrogens with zero attached hydrogens (tertiary/aromatic N) is 3. The maximum absolute atomic E-state index is 5.75. The molecule has 0 amide bonds. The van der Waals surface area contributed by atoms with Gasteiger partial charge in [0.1, 0.15) is 0 Å². The molecule has 0 saturated carbocycles. The number of rotatable bonds is 2. The smallest absolute Gasteiger partial charge is 0.222 e. The number of aromatic nitrogens is 2. The van der Waals surface area contributed by atoms with E-state index in [1.165, 1.54) is 17.9 Å². The predicted molar refractivity (Wildman–Crippen MR) is 64.3 cm³/mol. The largest absolute Gasteiger partial charge is 0.297 e. The molecule has 1 fully saturated rings. The van der Waals surface area contributed by atoms with Gasteiger partial charge in [0.05, 0.1) is 5.69 Å². The molecule has 1 aromatic heterocycles. The Bertz CT molecular complexity index is 313. The van der Waals surface area contributed by atoms with Gasteiger partial charge in [0.15, 0.2) is 0 Å². The average molecular weight is 244 g/mol. The summed E-state index contributed by atoms with van der Waals surface area (Å²) in [6, 6.07) is 1.93. The summed E-state index contributed by atoms with van der Waals surface area (Å²) in [7, 11) is 0. The second kappa shape index (κ2) is 5.68. The van der Waals surface area contributed by atoms with Crippen LogP contribution in [0.1, 0.15) is 12.1 Å². The third kappa shape index (κ3) is 3.63. The number of thioether (sulfide) groups is 1. The molecule has 1 aliphatic heterocycles. The highest BCUT2D eigenvalue weighted by Gasteiger charge is 2.10. The van der Waals surface area contributed by atoms with E-state index in [4.69, 9.17) is 11.6 Å². The van der Waals surface area contributed by atoms with Crippen molar-refractivity contribution in [1.82, 2.24) is 14.9 Å². The van der Waals surface area contributed by atoms with Gasteiger partial charge in [-0.05, 0) is 36.4 Å². The molecular weight excluding hydrogens is 230 g/mol. The van der Waals surface area contributed by atoms with E-state index in [-0.39, 0.29) is 0 Å². The molecule has 0 aliphatic carbocycles. The van der Waals surface area contributed by atoms with E-state index < -0.39 is 0 Å². The van der Waals surface area contributed by atoms with E-state index in [0.717, 1.165) is 25.3 Å². The summed E-state index contributed by atoms with van der Waals surface area (Å²) in [4.78, 5) is 10.5. The Morgan fingerprint density at radius 2 is 2.33 bits per heavy atom. The molecule has 0 N–H and O–H groups in total. The Balaban J connectivity index is 1.95. The van der Waals surface area contributed by atoms with Crippen molar-refractivity contribution in [2.45, 2.75) is 13.0 Å². The van der Waals surface area contributed by atoms with Gasteiger partial charge in [0.25, 0.3) is 0 Å². The predicted octanol–water partition coefficient (Wildman–Crippen LogP) is 2.07. The van der Waals surface area contributed by atoms with E-state index in [0.29, 0.717) is 5.28 Å². The Morgan fingerprint density at radius 1 is 1.40 bits per heavy atom. The van der Waals surface area contributed by atoms with Gasteiger partial charge < -0.3 is 0 Å². The normalized spacial score (nSPS) is 18.7. The minimum absolute atomic E-state index is 0.344. The summed E-state index contributed by atoms with van der Waals surface area (Å²) in [5, 5.41) is 0.344. The van der Waals surface area contributed by atoms with Crippen LogP contribution < -0.4 is 0 Å².